The van der Waals surface area contributed by atoms with Crippen LogP contribution in [0.3, 0.4) is 0 Å². The van der Waals surface area contributed by atoms with Crippen molar-refractivity contribution in [2.45, 2.75) is 60.3 Å². The average Bonchev–Trinajstić information content (AvgIpc) is 2.55. The highest BCUT2D eigenvalue weighted by Crippen LogP contribution is 2.19. The molecule has 0 aliphatic rings. The molecule has 0 unspecified atom stereocenters. The predicted molar refractivity (Wildman–Crippen MR) is 74.3 cm³/mol. The molecule has 0 saturated heterocycles. The van der Waals surface area contributed by atoms with Crippen molar-refractivity contribution in [3.8, 4) is 0 Å². The fourth-order valence-corrected chi connectivity index (χ4v) is 1.96. The molecule has 0 aliphatic carbocycles. The van der Waals surface area contributed by atoms with Crippen LogP contribution >= 0.6 is 0 Å². The zero-order valence-corrected chi connectivity index (χ0v) is 12.0. The molecule has 0 amide bonds. The van der Waals surface area contributed by atoms with Crippen molar-refractivity contribution in [1.82, 2.24) is 0 Å². The first-order chi connectivity index (χ1) is 7.99. The monoisotopic (exact) mass is 234 g/mol. The Kier molecular flexibility index (Phi) is 5.54. The smallest absolute Gasteiger partial charge is 0.104 e. The van der Waals surface area contributed by atoms with Crippen molar-refractivity contribution in [2.24, 2.45) is 5.92 Å². The van der Waals surface area contributed by atoms with Crippen LogP contribution in [0.1, 0.15) is 57.1 Å². The van der Waals surface area contributed by atoms with E-state index >= 15 is 0 Å². The average molecular weight is 234 g/mol. The zero-order chi connectivity index (χ0) is 12.8. The summed E-state index contributed by atoms with van der Waals surface area (Å²) >= 11 is 0. The summed E-state index contributed by atoms with van der Waals surface area (Å²) < 4.78 is 5.70. The van der Waals surface area contributed by atoms with Gasteiger partial charge < -0.3 is 4.42 Å². The molecular formula is C16H26O. The summed E-state index contributed by atoms with van der Waals surface area (Å²) in [6, 6.07) is 2.18. The van der Waals surface area contributed by atoms with Gasteiger partial charge in [0, 0.05) is 6.42 Å². The molecule has 1 rings (SSSR count). The van der Waals surface area contributed by atoms with Crippen molar-refractivity contribution in [3.63, 3.8) is 0 Å². The van der Waals surface area contributed by atoms with E-state index in [4.69, 9.17) is 4.42 Å². The summed E-state index contributed by atoms with van der Waals surface area (Å²) in [6.45, 7) is 10.8. The van der Waals surface area contributed by atoms with E-state index in [1.54, 1.807) is 0 Å². The molecule has 0 N–H and O–H groups in total. The number of allylic oxidation sites excluding steroid dienone is 2. The summed E-state index contributed by atoms with van der Waals surface area (Å²) in [5.41, 5.74) is 2.70. The van der Waals surface area contributed by atoms with Crippen LogP contribution in [0, 0.1) is 19.8 Å². The first-order valence-electron chi connectivity index (χ1n) is 6.68. The summed E-state index contributed by atoms with van der Waals surface area (Å²) in [4.78, 5) is 0. The Morgan fingerprint density at radius 2 is 2.00 bits per heavy atom. The Balaban J connectivity index is 2.28. The minimum atomic E-state index is 0.774. The molecule has 96 valence electrons. The molecule has 0 bridgehead atoms. The molecule has 1 nitrogen and oxygen atoms in total. The summed E-state index contributed by atoms with van der Waals surface area (Å²) in [5.74, 6) is 2.99. The normalized spacial score (nSPS) is 12.5. The Morgan fingerprint density at radius 3 is 2.53 bits per heavy atom. The standard InChI is InChI=1S/C16H26O/c1-12(2)7-6-8-13(3)9-10-16-11-14(4)15(5)17-16/h7,11,13H,6,8-10H2,1-5H3/t13-/m0/s1. The molecule has 1 aromatic heterocycles. The summed E-state index contributed by atoms with van der Waals surface area (Å²) in [5, 5.41) is 0. The molecule has 0 spiro atoms. The van der Waals surface area contributed by atoms with Gasteiger partial charge in [0.05, 0.1) is 0 Å². The Bertz CT molecular complexity index is 347. The second-order valence-corrected chi connectivity index (χ2v) is 5.45. The van der Waals surface area contributed by atoms with Crippen LogP contribution in [0.4, 0.5) is 0 Å². The molecular weight excluding hydrogens is 208 g/mol. The van der Waals surface area contributed by atoms with E-state index in [0.717, 1.165) is 23.9 Å². The fraction of sp³-hybridized carbons (Fsp3) is 0.625. The highest BCUT2D eigenvalue weighted by atomic mass is 16.3. The van der Waals surface area contributed by atoms with Crippen molar-refractivity contribution in [2.75, 3.05) is 0 Å². The van der Waals surface area contributed by atoms with Crippen molar-refractivity contribution in [3.05, 3.63) is 34.8 Å². The van der Waals surface area contributed by atoms with Gasteiger partial charge in [-0.3, -0.25) is 0 Å². The van der Waals surface area contributed by atoms with Gasteiger partial charge in [0.25, 0.3) is 0 Å². The molecule has 1 atom stereocenters. The lowest BCUT2D eigenvalue weighted by Gasteiger charge is -2.08. The second kappa shape index (κ2) is 6.68. The molecule has 1 heterocycles. The van der Waals surface area contributed by atoms with Gasteiger partial charge in [0.1, 0.15) is 11.5 Å². The van der Waals surface area contributed by atoms with Crippen molar-refractivity contribution in [1.29, 1.82) is 0 Å². The van der Waals surface area contributed by atoms with Gasteiger partial charge >= 0.3 is 0 Å². The van der Waals surface area contributed by atoms with Crippen LogP contribution in [-0.4, -0.2) is 0 Å². The lowest BCUT2D eigenvalue weighted by Crippen LogP contribution is -1.96. The summed E-state index contributed by atoms with van der Waals surface area (Å²) in [6.07, 6.45) is 7.12. The Hall–Kier alpha value is -0.980. The lowest BCUT2D eigenvalue weighted by atomic mass is 9.98. The largest absolute Gasteiger partial charge is 0.466 e. The maximum atomic E-state index is 5.70. The van der Waals surface area contributed by atoms with Crippen molar-refractivity contribution < 1.29 is 4.42 Å². The van der Waals surface area contributed by atoms with Crippen LogP contribution in [-0.2, 0) is 6.42 Å². The quantitative estimate of drug-likeness (QED) is 0.616. The van der Waals surface area contributed by atoms with Crippen LogP contribution in [0.5, 0.6) is 0 Å². The number of rotatable bonds is 6. The topological polar surface area (TPSA) is 13.1 Å². The van der Waals surface area contributed by atoms with E-state index in [9.17, 15) is 0 Å². The zero-order valence-electron chi connectivity index (χ0n) is 12.0. The SMILES string of the molecule is CC(C)=CCC[C@H](C)CCc1cc(C)c(C)o1. The first-order valence-corrected chi connectivity index (χ1v) is 6.68. The van der Waals surface area contributed by atoms with Gasteiger partial charge in [-0.2, -0.15) is 0 Å². The van der Waals surface area contributed by atoms with Gasteiger partial charge in [-0.1, -0.05) is 18.6 Å². The third-order valence-corrected chi connectivity index (χ3v) is 3.31. The molecule has 1 aromatic rings. The van der Waals surface area contributed by atoms with Crippen LogP contribution < -0.4 is 0 Å². The fourth-order valence-electron chi connectivity index (χ4n) is 1.96. The van der Waals surface area contributed by atoms with Crippen molar-refractivity contribution >= 4 is 0 Å². The first kappa shape index (κ1) is 14.1. The Labute approximate surface area is 106 Å². The lowest BCUT2D eigenvalue weighted by molar-refractivity contribution is 0.434. The van der Waals surface area contributed by atoms with E-state index < -0.39 is 0 Å². The molecule has 0 aliphatic heterocycles. The van der Waals surface area contributed by atoms with Crippen LogP contribution in [0.25, 0.3) is 0 Å². The third kappa shape index (κ3) is 5.25. The van der Waals surface area contributed by atoms with Gasteiger partial charge in [-0.15, -0.1) is 0 Å². The third-order valence-electron chi connectivity index (χ3n) is 3.31. The maximum absolute atomic E-state index is 5.70. The predicted octanol–water partition coefficient (Wildman–Crippen LogP) is 5.21. The minimum absolute atomic E-state index is 0.774. The number of hydrogen-bond donors (Lipinski definition) is 0. The number of furan rings is 1. The van der Waals surface area contributed by atoms with Gasteiger partial charge in [-0.25, -0.2) is 0 Å². The molecule has 0 aromatic carbocycles. The van der Waals surface area contributed by atoms with E-state index in [2.05, 4.69) is 39.8 Å². The highest BCUT2D eigenvalue weighted by Gasteiger charge is 2.06. The highest BCUT2D eigenvalue weighted by molar-refractivity contribution is 5.18. The Morgan fingerprint density at radius 1 is 1.29 bits per heavy atom. The van der Waals surface area contributed by atoms with Crippen LogP contribution in [0.15, 0.2) is 22.1 Å². The number of aryl methyl sites for hydroxylation is 3. The molecule has 1 heteroatoms. The molecule has 0 radical (unpaired) electrons. The molecule has 0 fully saturated rings. The van der Waals surface area contributed by atoms with Gasteiger partial charge in [-0.05, 0) is 64.5 Å². The second-order valence-electron chi connectivity index (χ2n) is 5.45. The molecule has 0 saturated carbocycles. The van der Waals surface area contributed by atoms with E-state index in [1.165, 1.54) is 30.4 Å². The van der Waals surface area contributed by atoms with Gasteiger partial charge in [0.2, 0.25) is 0 Å². The van der Waals surface area contributed by atoms with E-state index in [0.29, 0.717) is 0 Å². The van der Waals surface area contributed by atoms with Crippen LogP contribution in [0.2, 0.25) is 0 Å². The number of hydrogen-bond acceptors (Lipinski definition) is 1. The van der Waals surface area contributed by atoms with E-state index in [1.807, 2.05) is 6.92 Å². The maximum Gasteiger partial charge on any atom is 0.104 e. The molecule has 17 heavy (non-hydrogen) atoms. The summed E-state index contributed by atoms with van der Waals surface area (Å²) in [7, 11) is 0. The van der Waals surface area contributed by atoms with Gasteiger partial charge in [0.15, 0.2) is 0 Å². The van der Waals surface area contributed by atoms with E-state index in [-0.39, 0.29) is 0 Å². The minimum Gasteiger partial charge on any atom is -0.466 e.